The van der Waals surface area contributed by atoms with Crippen LogP contribution >= 0.6 is 0 Å². The van der Waals surface area contributed by atoms with Crippen molar-refractivity contribution in [3.05, 3.63) is 35.4 Å². The molecular weight excluding hydrogens is 232 g/mol. The third kappa shape index (κ3) is 2.17. The second kappa shape index (κ2) is 4.87. The summed E-state index contributed by atoms with van der Waals surface area (Å²) in [7, 11) is 1.50. The van der Waals surface area contributed by atoms with Crippen LogP contribution in [0.3, 0.4) is 0 Å². The molecule has 0 aliphatic carbocycles. The van der Waals surface area contributed by atoms with Gasteiger partial charge in [-0.3, -0.25) is 0 Å². The molecule has 6 nitrogen and oxygen atoms in total. The predicted molar refractivity (Wildman–Crippen MR) is 67.1 cm³/mol. The van der Waals surface area contributed by atoms with E-state index in [1.807, 2.05) is 13.8 Å². The summed E-state index contributed by atoms with van der Waals surface area (Å²) in [5.41, 5.74) is 0.571. The third-order valence-electron chi connectivity index (χ3n) is 2.51. The van der Waals surface area contributed by atoms with Crippen molar-refractivity contribution in [3.8, 4) is 11.5 Å². The van der Waals surface area contributed by atoms with Crippen molar-refractivity contribution in [1.29, 1.82) is 0 Å². The first kappa shape index (κ1) is 12.1. The molecule has 1 heterocycles. The molecule has 1 aromatic heterocycles. The van der Waals surface area contributed by atoms with Crippen LogP contribution in [0.4, 0.5) is 0 Å². The maximum atomic E-state index is 9.90. The molecule has 94 valence electrons. The van der Waals surface area contributed by atoms with E-state index < -0.39 is 0 Å². The molecule has 0 radical (unpaired) electrons. The molecule has 1 N–H and O–H groups in total. The van der Waals surface area contributed by atoms with Crippen molar-refractivity contribution in [2.45, 2.75) is 13.8 Å². The number of benzene rings is 1. The highest BCUT2D eigenvalue weighted by molar-refractivity contribution is 5.84. The van der Waals surface area contributed by atoms with Crippen molar-refractivity contribution in [3.63, 3.8) is 0 Å². The molecule has 0 bridgehead atoms. The zero-order valence-electron chi connectivity index (χ0n) is 10.5. The Balaban J connectivity index is 2.35. The number of aryl methyl sites for hydroxylation is 2. The van der Waals surface area contributed by atoms with Crippen LogP contribution in [-0.2, 0) is 0 Å². The van der Waals surface area contributed by atoms with Crippen LogP contribution in [0.5, 0.6) is 11.5 Å². The first-order chi connectivity index (χ1) is 8.63. The van der Waals surface area contributed by atoms with E-state index in [4.69, 9.17) is 4.74 Å². The largest absolute Gasteiger partial charge is 0.504 e. The number of nitrogens with zero attached hydrogens (tertiary/aromatic N) is 4. The summed E-state index contributed by atoms with van der Waals surface area (Å²) in [6.45, 7) is 3.62. The summed E-state index contributed by atoms with van der Waals surface area (Å²) in [6, 6.07) is 5.21. The maximum Gasteiger partial charge on any atom is 0.166 e. The minimum Gasteiger partial charge on any atom is -0.504 e. The highest BCUT2D eigenvalue weighted by atomic mass is 16.5. The average molecular weight is 246 g/mol. The first-order valence-corrected chi connectivity index (χ1v) is 5.42. The number of hydrogen-bond acceptors (Lipinski definition) is 5. The Labute approximate surface area is 105 Å². The van der Waals surface area contributed by atoms with Gasteiger partial charge in [-0.2, -0.15) is 5.10 Å². The Hall–Kier alpha value is -2.37. The first-order valence-electron chi connectivity index (χ1n) is 5.42. The Kier molecular flexibility index (Phi) is 3.27. The fraction of sp³-hybridized carbons (Fsp3) is 0.250. The Bertz CT molecular complexity index is 570. The lowest BCUT2D eigenvalue weighted by atomic mass is 10.2. The molecule has 6 heteroatoms. The molecule has 0 unspecified atom stereocenters. The van der Waals surface area contributed by atoms with Crippen LogP contribution in [0.25, 0.3) is 0 Å². The van der Waals surface area contributed by atoms with Crippen LogP contribution in [-0.4, -0.2) is 33.3 Å². The molecule has 0 amide bonds. The van der Waals surface area contributed by atoms with E-state index in [1.54, 1.807) is 29.1 Å². The minimum atomic E-state index is 0.0622. The lowest BCUT2D eigenvalue weighted by molar-refractivity contribution is 0.373. The molecular formula is C12H14N4O2. The van der Waals surface area contributed by atoms with Gasteiger partial charge in [-0.25, -0.2) is 4.68 Å². The maximum absolute atomic E-state index is 9.90. The third-order valence-corrected chi connectivity index (χ3v) is 2.51. The fourth-order valence-electron chi connectivity index (χ4n) is 1.56. The number of aromatic nitrogens is 3. The molecule has 1 aromatic carbocycles. The van der Waals surface area contributed by atoms with Gasteiger partial charge in [0.1, 0.15) is 0 Å². The van der Waals surface area contributed by atoms with E-state index in [0.717, 1.165) is 0 Å². The van der Waals surface area contributed by atoms with E-state index in [1.165, 1.54) is 7.11 Å². The molecule has 0 spiro atoms. The van der Waals surface area contributed by atoms with Crippen LogP contribution in [0, 0.1) is 13.8 Å². The molecule has 0 saturated heterocycles. The van der Waals surface area contributed by atoms with Gasteiger partial charge in [0.25, 0.3) is 0 Å². The summed E-state index contributed by atoms with van der Waals surface area (Å²) in [6.07, 6.45) is 1.54. The van der Waals surface area contributed by atoms with Gasteiger partial charge in [0, 0.05) is 5.56 Å². The number of methoxy groups -OCH3 is 1. The smallest absolute Gasteiger partial charge is 0.166 e. The highest BCUT2D eigenvalue weighted by Crippen LogP contribution is 2.28. The van der Waals surface area contributed by atoms with Gasteiger partial charge in [-0.15, -0.1) is 10.2 Å². The standard InChI is InChI=1S/C12H14N4O2/c1-8-14-15-9(2)16(8)13-7-10-5-4-6-11(18-3)12(10)17/h4-7,17H,1-3H3/b13-7+. The van der Waals surface area contributed by atoms with E-state index in [2.05, 4.69) is 15.3 Å². The summed E-state index contributed by atoms with van der Waals surface area (Å²) < 4.78 is 6.62. The number of phenols is 1. The number of hydrogen-bond donors (Lipinski definition) is 1. The van der Waals surface area contributed by atoms with Crippen molar-refractivity contribution in [2.24, 2.45) is 5.10 Å². The molecule has 2 aromatic rings. The molecule has 0 atom stereocenters. The summed E-state index contributed by atoms with van der Waals surface area (Å²) >= 11 is 0. The van der Waals surface area contributed by atoms with E-state index in [0.29, 0.717) is 23.0 Å². The SMILES string of the molecule is COc1cccc(/C=N/n2c(C)nnc2C)c1O. The fourth-order valence-corrected chi connectivity index (χ4v) is 1.56. The van der Waals surface area contributed by atoms with Crippen LogP contribution in [0.15, 0.2) is 23.3 Å². The van der Waals surface area contributed by atoms with Crippen LogP contribution in [0.2, 0.25) is 0 Å². The molecule has 0 aliphatic heterocycles. The Morgan fingerprint density at radius 3 is 2.56 bits per heavy atom. The van der Waals surface area contributed by atoms with Gasteiger partial charge >= 0.3 is 0 Å². The second-order valence-electron chi connectivity index (χ2n) is 3.75. The summed E-state index contributed by atoms with van der Waals surface area (Å²) in [4.78, 5) is 0. The number of phenolic OH excluding ortho intramolecular Hbond substituents is 1. The van der Waals surface area contributed by atoms with E-state index >= 15 is 0 Å². The Morgan fingerprint density at radius 1 is 1.28 bits per heavy atom. The van der Waals surface area contributed by atoms with E-state index in [9.17, 15) is 5.11 Å². The van der Waals surface area contributed by atoms with Gasteiger partial charge in [-0.05, 0) is 26.0 Å². The van der Waals surface area contributed by atoms with Crippen molar-refractivity contribution < 1.29 is 9.84 Å². The molecule has 18 heavy (non-hydrogen) atoms. The van der Waals surface area contributed by atoms with Gasteiger partial charge in [0.15, 0.2) is 23.1 Å². The van der Waals surface area contributed by atoms with Crippen LogP contribution in [0.1, 0.15) is 17.2 Å². The molecule has 0 aliphatic rings. The highest BCUT2D eigenvalue weighted by Gasteiger charge is 2.06. The summed E-state index contributed by atoms with van der Waals surface area (Å²) in [5.74, 6) is 1.85. The normalized spacial score (nSPS) is 11.1. The quantitative estimate of drug-likeness (QED) is 0.833. The van der Waals surface area contributed by atoms with Gasteiger partial charge in [-0.1, -0.05) is 6.07 Å². The van der Waals surface area contributed by atoms with Gasteiger partial charge in [0.2, 0.25) is 0 Å². The topological polar surface area (TPSA) is 72.5 Å². The van der Waals surface area contributed by atoms with Gasteiger partial charge < -0.3 is 9.84 Å². The molecule has 0 saturated carbocycles. The minimum absolute atomic E-state index is 0.0622. The zero-order chi connectivity index (χ0) is 13.1. The molecule has 2 rings (SSSR count). The second-order valence-corrected chi connectivity index (χ2v) is 3.75. The van der Waals surface area contributed by atoms with E-state index in [-0.39, 0.29) is 5.75 Å². The summed E-state index contributed by atoms with van der Waals surface area (Å²) in [5, 5.41) is 21.9. The lowest BCUT2D eigenvalue weighted by Crippen LogP contribution is -1.97. The monoisotopic (exact) mass is 246 g/mol. The van der Waals surface area contributed by atoms with Crippen molar-refractivity contribution in [1.82, 2.24) is 14.9 Å². The predicted octanol–water partition coefficient (Wildman–Crippen LogP) is 1.49. The lowest BCUT2D eigenvalue weighted by Gasteiger charge is -2.05. The number of rotatable bonds is 3. The zero-order valence-corrected chi connectivity index (χ0v) is 10.5. The van der Waals surface area contributed by atoms with Gasteiger partial charge in [0.05, 0.1) is 13.3 Å². The van der Waals surface area contributed by atoms with Crippen LogP contribution < -0.4 is 4.74 Å². The van der Waals surface area contributed by atoms with Crippen molar-refractivity contribution >= 4 is 6.21 Å². The molecule has 0 fully saturated rings. The number of ether oxygens (including phenoxy) is 1. The van der Waals surface area contributed by atoms with Crippen molar-refractivity contribution in [2.75, 3.05) is 7.11 Å². The Morgan fingerprint density at radius 2 is 1.94 bits per heavy atom. The average Bonchev–Trinajstić information content (AvgIpc) is 2.68. The number of para-hydroxylation sites is 1. The number of aromatic hydroxyl groups is 1.